The Hall–Kier alpha value is -2.47. The number of hydrogen-bond acceptors (Lipinski definition) is 4. The van der Waals surface area contributed by atoms with E-state index in [0.29, 0.717) is 17.9 Å². The molecule has 0 atom stereocenters. The van der Waals surface area contributed by atoms with E-state index >= 15 is 0 Å². The number of aryl methyl sites for hydroxylation is 4. The van der Waals surface area contributed by atoms with Crippen molar-refractivity contribution in [3.05, 3.63) is 62.6 Å². The summed E-state index contributed by atoms with van der Waals surface area (Å²) in [6.45, 7) is 8.54. The minimum absolute atomic E-state index is 0.110. The fourth-order valence-corrected chi connectivity index (χ4v) is 3.71. The summed E-state index contributed by atoms with van der Waals surface area (Å²) in [6.07, 6.45) is 0. The molecule has 0 saturated heterocycles. The number of carbonyl (C=O) groups excluding carboxylic acids is 1. The van der Waals surface area contributed by atoms with Gasteiger partial charge in [0, 0.05) is 11.9 Å². The van der Waals surface area contributed by atoms with Gasteiger partial charge in [-0.1, -0.05) is 17.7 Å². The quantitative estimate of drug-likeness (QED) is 0.715. The number of amides is 1. The van der Waals surface area contributed by atoms with Crippen molar-refractivity contribution >= 4 is 17.2 Å². The van der Waals surface area contributed by atoms with Crippen molar-refractivity contribution in [3.63, 3.8) is 0 Å². The first kappa shape index (κ1) is 17.4. The SMILES string of the molecule is Cc1ccc(-n2nc(C)c(C(=O)N(C)Cc3sccc3C)n2)c(C)c1. The Morgan fingerprint density at radius 1 is 1.12 bits per heavy atom. The van der Waals surface area contributed by atoms with Crippen LogP contribution in [0.3, 0.4) is 0 Å². The van der Waals surface area contributed by atoms with Crippen molar-refractivity contribution in [1.82, 2.24) is 19.9 Å². The number of carbonyl (C=O) groups is 1. The van der Waals surface area contributed by atoms with Crippen LogP contribution >= 0.6 is 11.3 Å². The summed E-state index contributed by atoms with van der Waals surface area (Å²) in [5, 5.41) is 11.0. The van der Waals surface area contributed by atoms with E-state index in [4.69, 9.17) is 0 Å². The molecule has 0 aliphatic heterocycles. The van der Waals surface area contributed by atoms with Crippen molar-refractivity contribution in [2.45, 2.75) is 34.2 Å². The van der Waals surface area contributed by atoms with Crippen molar-refractivity contribution in [2.75, 3.05) is 7.05 Å². The number of benzene rings is 1. The van der Waals surface area contributed by atoms with Gasteiger partial charge < -0.3 is 4.90 Å². The van der Waals surface area contributed by atoms with E-state index < -0.39 is 0 Å². The fraction of sp³-hybridized carbons (Fsp3) is 0.316. The number of hydrogen-bond donors (Lipinski definition) is 0. The fourth-order valence-electron chi connectivity index (χ4n) is 2.75. The Bertz CT molecular complexity index is 925. The summed E-state index contributed by atoms with van der Waals surface area (Å²) in [4.78, 5) is 17.2. The lowest BCUT2D eigenvalue weighted by Crippen LogP contribution is -2.27. The number of aromatic nitrogens is 3. The molecule has 0 radical (unpaired) electrons. The Kier molecular flexibility index (Phi) is 4.72. The first-order chi connectivity index (χ1) is 11.9. The van der Waals surface area contributed by atoms with Crippen LogP contribution in [0.15, 0.2) is 29.6 Å². The predicted molar refractivity (Wildman–Crippen MR) is 100 cm³/mol. The molecule has 3 aromatic rings. The van der Waals surface area contributed by atoms with E-state index in [0.717, 1.165) is 11.3 Å². The molecule has 0 aliphatic carbocycles. The molecule has 0 saturated carbocycles. The third-order valence-electron chi connectivity index (χ3n) is 4.25. The van der Waals surface area contributed by atoms with E-state index in [9.17, 15) is 4.79 Å². The van der Waals surface area contributed by atoms with Crippen molar-refractivity contribution in [2.24, 2.45) is 0 Å². The second-order valence-electron chi connectivity index (χ2n) is 6.40. The Labute approximate surface area is 151 Å². The van der Waals surface area contributed by atoms with Gasteiger partial charge >= 0.3 is 0 Å². The van der Waals surface area contributed by atoms with E-state index in [-0.39, 0.29) is 5.91 Å². The minimum Gasteiger partial charge on any atom is -0.335 e. The molecule has 0 bridgehead atoms. The minimum atomic E-state index is -0.110. The van der Waals surface area contributed by atoms with Crippen LogP contribution in [-0.4, -0.2) is 32.8 Å². The van der Waals surface area contributed by atoms with Gasteiger partial charge in [-0.25, -0.2) is 0 Å². The van der Waals surface area contributed by atoms with Gasteiger partial charge in [-0.3, -0.25) is 4.79 Å². The molecule has 1 aromatic carbocycles. The highest BCUT2D eigenvalue weighted by Crippen LogP contribution is 2.19. The molecular weight excluding hydrogens is 332 g/mol. The summed E-state index contributed by atoms with van der Waals surface area (Å²) >= 11 is 1.66. The highest BCUT2D eigenvalue weighted by Gasteiger charge is 2.21. The maximum atomic E-state index is 12.8. The maximum Gasteiger partial charge on any atom is 0.276 e. The zero-order valence-corrected chi connectivity index (χ0v) is 16.0. The van der Waals surface area contributed by atoms with Crippen LogP contribution < -0.4 is 0 Å². The van der Waals surface area contributed by atoms with Gasteiger partial charge in [0.2, 0.25) is 0 Å². The van der Waals surface area contributed by atoms with E-state index in [2.05, 4.69) is 36.2 Å². The van der Waals surface area contributed by atoms with Crippen LogP contribution in [0.2, 0.25) is 0 Å². The summed E-state index contributed by atoms with van der Waals surface area (Å²) in [7, 11) is 1.80. The Balaban J connectivity index is 1.86. The molecule has 2 aromatic heterocycles. The lowest BCUT2D eigenvalue weighted by molar-refractivity contribution is 0.0779. The summed E-state index contributed by atoms with van der Waals surface area (Å²) in [6, 6.07) is 8.16. The van der Waals surface area contributed by atoms with E-state index in [1.807, 2.05) is 31.4 Å². The zero-order valence-electron chi connectivity index (χ0n) is 15.2. The lowest BCUT2D eigenvalue weighted by atomic mass is 10.1. The third-order valence-corrected chi connectivity index (χ3v) is 5.26. The summed E-state index contributed by atoms with van der Waals surface area (Å²) in [5.74, 6) is -0.110. The van der Waals surface area contributed by atoms with Crippen molar-refractivity contribution in [3.8, 4) is 5.69 Å². The smallest absolute Gasteiger partial charge is 0.276 e. The molecule has 25 heavy (non-hydrogen) atoms. The number of nitrogens with zero attached hydrogens (tertiary/aromatic N) is 4. The Morgan fingerprint density at radius 3 is 2.52 bits per heavy atom. The van der Waals surface area contributed by atoms with Gasteiger partial charge in [-0.15, -0.1) is 16.4 Å². The average molecular weight is 354 g/mol. The summed E-state index contributed by atoms with van der Waals surface area (Å²) in [5.41, 5.74) is 5.41. The summed E-state index contributed by atoms with van der Waals surface area (Å²) < 4.78 is 0. The standard InChI is InChI=1S/C19H22N4OS/c1-12-6-7-16(14(3)10-12)23-20-15(4)18(21-23)19(24)22(5)11-17-13(2)8-9-25-17/h6-10H,11H2,1-5H3. The van der Waals surface area contributed by atoms with Crippen LogP contribution in [0.4, 0.5) is 0 Å². The highest BCUT2D eigenvalue weighted by molar-refractivity contribution is 7.10. The molecule has 1 amide bonds. The molecule has 5 nitrogen and oxygen atoms in total. The predicted octanol–water partition coefficient (Wildman–Crippen LogP) is 3.83. The highest BCUT2D eigenvalue weighted by atomic mass is 32.1. The van der Waals surface area contributed by atoms with Crippen LogP contribution in [0.1, 0.15) is 37.7 Å². The molecule has 130 valence electrons. The molecular formula is C19H22N4OS. The van der Waals surface area contributed by atoms with Crippen LogP contribution in [0, 0.1) is 27.7 Å². The molecule has 2 heterocycles. The largest absolute Gasteiger partial charge is 0.335 e. The van der Waals surface area contributed by atoms with Crippen LogP contribution in [-0.2, 0) is 6.54 Å². The van der Waals surface area contributed by atoms with Gasteiger partial charge in [0.1, 0.15) is 0 Å². The number of thiophene rings is 1. The number of rotatable bonds is 4. The molecule has 0 fully saturated rings. The van der Waals surface area contributed by atoms with Gasteiger partial charge in [0.25, 0.3) is 5.91 Å². The maximum absolute atomic E-state index is 12.8. The molecule has 0 N–H and O–H groups in total. The second-order valence-corrected chi connectivity index (χ2v) is 7.40. The monoisotopic (exact) mass is 354 g/mol. The molecule has 0 unspecified atom stereocenters. The molecule has 6 heteroatoms. The van der Waals surface area contributed by atoms with E-state index in [1.165, 1.54) is 16.0 Å². The van der Waals surface area contributed by atoms with Crippen molar-refractivity contribution in [1.29, 1.82) is 0 Å². The average Bonchev–Trinajstić information content (AvgIpc) is 3.13. The first-order valence-corrected chi connectivity index (χ1v) is 9.05. The van der Waals surface area contributed by atoms with Crippen molar-refractivity contribution < 1.29 is 4.79 Å². The van der Waals surface area contributed by atoms with Crippen LogP contribution in [0.25, 0.3) is 5.69 Å². The van der Waals surface area contributed by atoms with Gasteiger partial charge in [-0.2, -0.15) is 9.90 Å². The Morgan fingerprint density at radius 2 is 1.88 bits per heavy atom. The topological polar surface area (TPSA) is 51.0 Å². The molecule has 0 aliphatic rings. The third kappa shape index (κ3) is 3.49. The first-order valence-electron chi connectivity index (χ1n) is 8.17. The van der Waals surface area contributed by atoms with E-state index in [1.54, 1.807) is 28.1 Å². The lowest BCUT2D eigenvalue weighted by Gasteiger charge is -2.15. The van der Waals surface area contributed by atoms with Gasteiger partial charge in [0.15, 0.2) is 5.69 Å². The van der Waals surface area contributed by atoms with Gasteiger partial charge in [0.05, 0.1) is 17.9 Å². The normalized spacial score (nSPS) is 10.9. The molecule has 0 spiro atoms. The zero-order chi connectivity index (χ0) is 18.1. The second kappa shape index (κ2) is 6.80. The van der Waals surface area contributed by atoms with Gasteiger partial charge in [-0.05, 0) is 56.3 Å². The van der Waals surface area contributed by atoms with Crippen LogP contribution in [0.5, 0.6) is 0 Å². The molecule has 3 rings (SSSR count).